The number of aromatic nitrogens is 2. The van der Waals surface area contributed by atoms with Crippen LogP contribution in [0.2, 0.25) is 0 Å². The molecule has 2 unspecified atom stereocenters. The third-order valence-corrected chi connectivity index (χ3v) is 5.13. The van der Waals surface area contributed by atoms with E-state index in [4.69, 9.17) is 0 Å². The van der Waals surface area contributed by atoms with Gasteiger partial charge in [-0.3, -0.25) is 14.4 Å². The summed E-state index contributed by atoms with van der Waals surface area (Å²) in [6.07, 6.45) is 1.32. The Balaban J connectivity index is 1.65. The summed E-state index contributed by atoms with van der Waals surface area (Å²) in [6.45, 7) is 10.4. The van der Waals surface area contributed by atoms with Crippen molar-refractivity contribution in [2.75, 3.05) is 13.1 Å². The van der Waals surface area contributed by atoms with Gasteiger partial charge in [0.05, 0.1) is 5.69 Å². The van der Waals surface area contributed by atoms with Gasteiger partial charge in [-0.25, -0.2) is 0 Å². The van der Waals surface area contributed by atoms with E-state index in [0.29, 0.717) is 12.2 Å². The molecule has 0 saturated carbocycles. The van der Waals surface area contributed by atoms with Gasteiger partial charge in [-0.15, -0.1) is 0 Å². The van der Waals surface area contributed by atoms with Gasteiger partial charge in [0, 0.05) is 33.2 Å². The molecule has 5 heteroatoms. The summed E-state index contributed by atoms with van der Waals surface area (Å²) in [5.41, 5.74) is 3.94. The monoisotopic (exact) mass is 354 g/mol. The first-order chi connectivity index (χ1) is 12.4. The van der Waals surface area contributed by atoms with Gasteiger partial charge in [-0.2, -0.15) is 5.10 Å². The van der Waals surface area contributed by atoms with E-state index in [0.717, 1.165) is 37.2 Å². The second-order valence-electron chi connectivity index (χ2n) is 7.89. The zero-order valence-corrected chi connectivity index (χ0v) is 16.3. The number of hydrogen-bond acceptors (Lipinski definition) is 3. The minimum atomic E-state index is -0.0804. The van der Waals surface area contributed by atoms with Crippen LogP contribution >= 0.6 is 0 Å². The molecule has 1 aromatic heterocycles. The van der Waals surface area contributed by atoms with Crippen molar-refractivity contribution in [3.63, 3.8) is 0 Å². The number of nitrogens with one attached hydrogen (secondary N) is 1. The predicted molar refractivity (Wildman–Crippen MR) is 104 cm³/mol. The Labute approximate surface area is 156 Å². The molecular weight excluding hydrogens is 324 g/mol. The highest BCUT2D eigenvalue weighted by Crippen LogP contribution is 2.23. The molecule has 140 valence electrons. The first kappa shape index (κ1) is 18.6. The summed E-state index contributed by atoms with van der Waals surface area (Å²) >= 11 is 0. The van der Waals surface area contributed by atoms with Crippen LogP contribution < -0.4 is 5.32 Å². The Hall–Kier alpha value is -2.14. The molecule has 1 saturated heterocycles. The topological polar surface area (TPSA) is 50.2 Å². The zero-order chi connectivity index (χ0) is 18.7. The number of amides is 1. The Kier molecular flexibility index (Phi) is 5.77. The SMILES string of the molecule is Cc1cc(C(=O)NCc2ccccc2CN2CC(C)CC(C)C2)n(C)n1. The van der Waals surface area contributed by atoms with E-state index in [2.05, 4.69) is 47.4 Å². The number of carbonyl (C=O) groups is 1. The fourth-order valence-electron chi connectivity index (χ4n) is 4.14. The molecule has 3 rings (SSSR count). The van der Waals surface area contributed by atoms with Crippen LogP contribution in [0.5, 0.6) is 0 Å². The average Bonchev–Trinajstić information content (AvgIpc) is 2.91. The molecule has 5 nitrogen and oxygen atoms in total. The fourth-order valence-corrected chi connectivity index (χ4v) is 4.14. The highest BCUT2D eigenvalue weighted by Gasteiger charge is 2.22. The average molecular weight is 354 g/mol. The molecular formula is C21H30N4O. The van der Waals surface area contributed by atoms with Crippen LogP contribution in [0, 0.1) is 18.8 Å². The number of carbonyl (C=O) groups excluding carboxylic acids is 1. The standard InChI is InChI=1S/C21H30N4O/c1-15-9-16(2)13-25(12-15)14-19-8-6-5-7-18(19)11-22-21(26)20-10-17(3)23-24(20)4/h5-8,10,15-16H,9,11-14H2,1-4H3,(H,22,26). The van der Waals surface area contributed by atoms with Crippen molar-refractivity contribution in [2.45, 2.75) is 40.3 Å². The van der Waals surface area contributed by atoms with Crippen molar-refractivity contribution in [3.8, 4) is 0 Å². The van der Waals surface area contributed by atoms with Gasteiger partial charge in [-0.1, -0.05) is 38.1 Å². The third kappa shape index (κ3) is 4.52. The van der Waals surface area contributed by atoms with Gasteiger partial charge in [0.25, 0.3) is 5.91 Å². The Morgan fingerprint density at radius 1 is 1.19 bits per heavy atom. The maximum absolute atomic E-state index is 12.5. The number of hydrogen-bond donors (Lipinski definition) is 1. The molecule has 1 aliphatic rings. The van der Waals surface area contributed by atoms with Crippen LogP contribution in [-0.2, 0) is 20.1 Å². The molecule has 0 spiro atoms. The molecule has 2 heterocycles. The van der Waals surface area contributed by atoms with Gasteiger partial charge in [0.2, 0.25) is 0 Å². The van der Waals surface area contributed by atoms with Crippen LogP contribution in [0.3, 0.4) is 0 Å². The van der Waals surface area contributed by atoms with Crippen molar-refractivity contribution in [1.29, 1.82) is 0 Å². The molecule has 1 aliphatic heterocycles. The van der Waals surface area contributed by atoms with Crippen molar-refractivity contribution in [3.05, 3.63) is 52.8 Å². The van der Waals surface area contributed by atoms with Crippen molar-refractivity contribution in [2.24, 2.45) is 18.9 Å². The van der Waals surface area contributed by atoms with E-state index in [-0.39, 0.29) is 5.91 Å². The maximum atomic E-state index is 12.5. The summed E-state index contributed by atoms with van der Waals surface area (Å²) in [7, 11) is 1.80. The van der Waals surface area contributed by atoms with Crippen LogP contribution in [-0.4, -0.2) is 33.7 Å². The minimum absolute atomic E-state index is 0.0804. The Morgan fingerprint density at radius 3 is 2.46 bits per heavy atom. The lowest BCUT2D eigenvalue weighted by atomic mass is 9.91. The number of rotatable bonds is 5. The van der Waals surface area contributed by atoms with Crippen LogP contribution in [0.25, 0.3) is 0 Å². The largest absolute Gasteiger partial charge is 0.347 e. The summed E-state index contributed by atoms with van der Waals surface area (Å²) in [5.74, 6) is 1.42. The van der Waals surface area contributed by atoms with Gasteiger partial charge in [0.1, 0.15) is 5.69 Å². The summed E-state index contributed by atoms with van der Waals surface area (Å²) in [5, 5.41) is 7.29. The van der Waals surface area contributed by atoms with E-state index < -0.39 is 0 Å². The van der Waals surface area contributed by atoms with Crippen LogP contribution in [0.4, 0.5) is 0 Å². The first-order valence-corrected chi connectivity index (χ1v) is 9.50. The Morgan fingerprint density at radius 2 is 1.85 bits per heavy atom. The lowest BCUT2D eigenvalue weighted by molar-refractivity contribution is 0.0941. The van der Waals surface area contributed by atoms with Gasteiger partial charge >= 0.3 is 0 Å². The third-order valence-electron chi connectivity index (χ3n) is 5.13. The lowest BCUT2D eigenvalue weighted by Gasteiger charge is -2.35. The molecule has 1 amide bonds. The number of aryl methyl sites for hydroxylation is 2. The number of likely N-dealkylation sites (tertiary alicyclic amines) is 1. The zero-order valence-electron chi connectivity index (χ0n) is 16.3. The highest BCUT2D eigenvalue weighted by atomic mass is 16.2. The molecule has 0 aliphatic carbocycles. The molecule has 0 bridgehead atoms. The second kappa shape index (κ2) is 8.04. The minimum Gasteiger partial charge on any atom is -0.347 e. The van der Waals surface area contributed by atoms with Crippen molar-refractivity contribution in [1.82, 2.24) is 20.0 Å². The van der Waals surface area contributed by atoms with E-state index in [1.807, 2.05) is 19.1 Å². The maximum Gasteiger partial charge on any atom is 0.269 e. The number of nitrogens with zero attached hydrogens (tertiary/aromatic N) is 3. The summed E-state index contributed by atoms with van der Waals surface area (Å²) in [6, 6.07) is 10.2. The Bertz CT molecular complexity index is 757. The number of piperidine rings is 1. The van der Waals surface area contributed by atoms with Crippen LogP contribution in [0.1, 0.15) is 47.6 Å². The van der Waals surface area contributed by atoms with Gasteiger partial charge in [0.15, 0.2) is 0 Å². The second-order valence-corrected chi connectivity index (χ2v) is 7.89. The van der Waals surface area contributed by atoms with E-state index in [9.17, 15) is 4.79 Å². The molecule has 2 atom stereocenters. The smallest absolute Gasteiger partial charge is 0.269 e. The fraction of sp³-hybridized carbons (Fsp3) is 0.524. The highest BCUT2D eigenvalue weighted by molar-refractivity contribution is 5.92. The van der Waals surface area contributed by atoms with Crippen LogP contribution in [0.15, 0.2) is 30.3 Å². The van der Waals surface area contributed by atoms with Crippen molar-refractivity contribution >= 4 is 5.91 Å². The number of benzene rings is 1. The lowest BCUT2D eigenvalue weighted by Crippen LogP contribution is -2.38. The van der Waals surface area contributed by atoms with Gasteiger partial charge in [-0.05, 0) is 42.4 Å². The first-order valence-electron chi connectivity index (χ1n) is 9.50. The quantitative estimate of drug-likeness (QED) is 0.897. The van der Waals surface area contributed by atoms with E-state index in [1.54, 1.807) is 11.7 Å². The molecule has 1 aromatic carbocycles. The molecule has 0 radical (unpaired) electrons. The molecule has 2 aromatic rings. The summed E-state index contributed by atoms with van der Waals surface area (Å²) < 4.78 is 1.63. The van der Waals surface area contributed by atoms with Crippen molar-refractivity contribution < 1.29 is 4.79 Å². The van der Waals surface area contributed by atoms with E-state index >= 15 is 0 Å². The molecule has 1 N–H and O–H groups in total. The van der Waals surface area contributed by atoms with Gasteiger partial charge < -0.3 is 5.32 Å². The molecule has 26 heavy (non-hydrogen) atoms. The predicted octanol–water partition coefficient (Wildman–Crippen LogP) is 3.14. The summed E-state index contributed by atoms with van der Waals surface area (Å²) in [4.78, 5) is 15.0. The van der Waals surface area contributed by atoms with E-state index in [1.165, 1.54) is 17.5 Å². The molecule has 1 fully saturated rings. The normalized spacial score (nSPS) is 20.9.